The van der Waals surface area contributed by atoms with Crippen LogP contribution in [0.2, 0.25) is 0 Å². The third-order valence-electron chi connectivity index (χ3n) is 3.81. The molecule has 0 bridgehead atoms. The van der Waals surface area contributed by atoms with E-state index in [1.807, 2.05) is 13.8 Å². The lowest BCUT2D eigenvalue weighted by Gasteiger charge is -2.36. The van der Waals surface area contributed by atoms with E-state index in [0.29, 0.717) is 12.3 Å². The van der Waals surface area contributed by atoms with Crippen LogP contribution in [0.15, 0.2) is 0 Å². The summed E-state index contributed by atoms with van der Waals surface area (Å²) < 4.78 is 0. The van der Waals surface area contributed by atoms with Crippen LogP contribution in [0, 0.1) is 17.3 Å². The van der Waals surface area contributed by atoms with Gasteiger partial charge in [0, 0.05) is 0 Å². The second-order valence-corrected chi connectivity index (χ2v) is 4.48. The molecule has 3 atom stereocenters. The van der Waals surface area contributed by atoms with Crippen LogP contribution in [-0.2, 0) is 4.79 Å². The number of aliphatic carboxylic acids is 1. The zero-order chi connectivity index (χ0) is 11.4. The Labute approximate surface area is 87.7 Å². The normalized spacial score (nSPS) is 19.8. The van der Waals surface area contributed by atoms with Crippen LogP contribution in [0.1, 0.15) is 53.9 Å². The lowest BCUT2D eigenvalue weighted by Crippen LogP contribution is -2.38. The SMILES string of the molecule is CCC(C)C(CC)C(C)(CC)C(=O)O. The van der Waals surface area contributed by atoms with Crippen molar-refractivity contribution < 1.29 is 9.90 Å². The largest absolute Gasteiger partial charge is 0.481 e. The molecule has 0 aromatic heterocycles. The summed E-state index contributed by atoms with van der Waals surface area (Å²) in [5.41, 5.74) is -0.551. The Balaban J connectivity index is 4.86. The van der Waals surface area contributed by atoms with E-state index < -0.39 is 11.4 Å². The molecular weight excluding hydrogens is 176 g/mol. The molecule has 0 heterocycles. The lowest BCUT2D eigenvalue weighted by molar-refractivity contribution is -0.153. The van der Waals surface area contributed by atoms with Gasteiger partial charge >= 0.3 is 5.97 Å². The summed E-state index contributed by atoms with van der Waals surface area (Å²) in [5.74, 6) is 0.128. The summed E-state index contributed by atoms with van der Waals surface area (Å²) in [6, 6.07) is 0. The molecule has 2 heteroatoms. The fraction of sp³-hybridized carbons (Fsp3) is 0.917. The van der Waals surface area contributed by atoms with Crippen molar-refractivity contribution >= 4 is 5.97 Å². The highest BCUT2D eigenvalue weighted by Gasteiger charge is 2.40. The quantitative estimate of drug-likeness (QED) is 0.711. The Bertz CT molecular complexity index is 189. The molecule has 84 valence electrons. The molecule has 0 saturated carbocycles. The molecule has 2 nitrogen and oxygen atoms in total. The predicted octanol–water partition coefficient (Wildman–Crippen LogP) is 3.56. The van der Waals surface area contributed by atoms with Gasteiger partial charge in [-0.2, -0.15) is 0 Å². The maximum atomic E-state index is 11.3. The average Bonchev–Trinajstić information content (AvgIpc) is 2.17. The summed E-state index contributed by atoms with van der Waals surface area (Å²) in [6.45, 7) is 10.2. The lowest BCUT2D eigenvalue weighted by atomic mass is 9.67. The maximum Gasteiger partial charge on any atom is 0.309 e. The third kappa shape index (κ3) is 2.49. The van der Waals surface area contributed by atoms with Gasteiger partial charge in [0.25, 0.3) is 0 Å². The van der Waals surface area contributed by atoms with Crippen molar-refractivity contribution in [1.29, 1.82) is 0 Å². The molecule has 0 aliphatic carbocycles. The van der Waals surface area contributed by atoms with Crippen LogP contribution in [0.3, 0.4) is 0 Å². The second-order valence-electron chi connectivity index (χ2n) is 4.48. The molecule has 3 unspecified atom stereocenters. The zero-order valence-corrected chi connectivity index (χ0v) is 10.1. The zero-order valence-electron chi connectivity index (χ0n) is 10.1. The maximum absolute atomic E-state index is 11.3. The molecule has 0 aliphatic rings. The van der Waals surface area contributed by atoms with E-state index in [1.54, 1.807) is 0 Å². The molecule has 0 aromatic rings. The Morgan fingerprint density at radius 1 is 1.29 bits per heavy atom. The Kier molecular flexibility index (Phi) is 5.17. The fourth-order valence-corrected chi connectivity index (χ4v) is 2.34. The summed E-state index contributed by atoms with van der Waals surface area (Å²) in [7, 11) is 0. The first-order valence-electron chi connectivity index (χ1n) is 5.67. The number of carboxylic acid groups (broad SMARTS) is 1. The van der Waals surface area contributed by atoms with Crippen molar-refractivity contribution in [2.45, 2.75) is 53.9 Å². The van der Waals surface area contributed by atoms with Crippen molar-refractivity contribution in [3.63, 3.8) is 0 Å². The van der Waals surface area contributed by atoms with Crippen molar-refractivity contribution in [2.24, 2.45) is 17.3 Å². The Morgan fingerprint density at radius 3 is 2.00 bits per heavy atom. The highest BCUT2D eigenvalue weighted by molar-refractivity contribution is 5.74. The van der Waals surface area contributed by atoms with Gasteiger partial charge in [-0.3, -0.25) is 4.79 Å². The van der Waals surface area contributed by atoms with E-state index in [4.69, 9.17) is 0 Å². The summed E-state index contributed by atoms with van der Waals surface area (Å²) in [4.78, 5) is 11.3. The first-order chi connectivity index (χ1) is 6.43. The standard InChI is InChI=1S/C12H24O2/c1-6-9(4)10(7-2)12(5,8-3)11(13)14/h9-10H,6-8H2,1-5H3,(H,13,14). The number of rotatable bonds is 6. The van der Waals surface area contributed by atoms with E-state index in [-0.39, 0.29) is 5.92 Å². The van der Waals surface area contributed by atoms with Gasteiger partial charge in [0.1, 0.15) is 0 Å². The number of hydrogen-bond acceptors (Lipinski definition) is 1. The van der Waals surface area contributed by atoms with Crippen molar-refractivity contribution in [2.75, 3.05) is 0 Å². The van der Waals surface area contributed by atoms with Crippen LogP contribution in [0.5, 0.6) is 0 Å². The molecule has 0 spiro atoms. The monoisotopic (exact) mass is 200 g/mol. The van der Waals surface area contributed by atoms with Gasteiger partial charge in [0.2, 0.25) is 0 Å². The van der Waals surface area contributed by atoms with E-state index in [0.717, 1.165) is 12.8 Å². The molecule has 0 aromatic carbocycles. The molecular formula is C12H24O2. The topological polar surface area (TPSA) is 37.3 Å². The summed E-state index contributed by atoms with van der Waals surface area (Å²) >= 11 is 0. The molecule has 0 fully saturated rings. The van der Waals surface area contributed by atoms with Gasteiger partial charge in [-0.15, -0.1) is 0 Å². The molecule has 1 N–H and O–H groups in total. The fourth-order valence-electron chi connectivity index (χ4n) is 2.34. The van der Waals surface area contributed by atoms with Gasteiger partial charge < -0.3 is 5.11 Å². The van der Waals surface area contributed by atoms with Gasteiger partial charge in [0.15, 0.2) is 0 Å². The molecule has 0 amide bonds. The number of carboxylic acids is 1. The van der Waals surface area contributed by atoms with Crippen molar-refractivity contribution in [3.05, 3.63) is 0 Å². The first-order valence-corrected chi connectivity index (χ1v) is 5.67. The van der Waals surface area contributed by atoms with Gasteiger partial charge in [0.05, 0.1) is 5.41 Å². The van der Waals surface area contributed by atoms with Crippen LogP contribution < -0.4 is 0 Å². The Hall–Kier alpha value is -0.530. The number of hydrogen-bond donors (Lipinski definition) is 1. The molecule has 0 saturated heterocycles. The van der Waals surface area contributed by atoms with Gasteiger partial charge in [-0.25, -0.2) is 0 Å². The third-order valence-corrected chi connectivity index (χ3v) is 3.81. The molecule has 14 heavy (non-hydrogen) atoms. The minimum atomic E-state index is -0.646. The number of carbonyl (C=O) groups is 1. The predicted molar refractivity (Wildman–Crippen MR) is 59.3 cm³/mol. The van der Waals surface area contributed by atoms with E-state index in [1.165, 1.54) is 0 Å². The van der Waals surface area contributed by atoms with Crippen LogP contribution >= 0.6 is 0 Å². The minimum Gasteiger partial charge on any atom is -0.481 e. The van der Waals surface area contributed by atoms with Crippen LogP contribution in [0.4, 0.5) is 0 Å². The molecule has 0 radical (unpaired) electrons. The van der Waals surface area contributed by atoms with E-state index in [2.05, 4.69) is 20.8 Å². The first kappa shape index (κ1) is 13.5. The van der Waals surface area contributed by atoms with Crippen molar-refractivity contribution in [1.82, 2.24) is 0 Å². The summed E-state index contributed by atoms with van der Waals surface area (Å²) in [5, 5.41) is 9.28. The smallest absolute Gasteiger partial charge is 0.309 e. The molecule has 0 rings (SSSR count). The van der Waals surface area contributed by atoms with Gasteiger partial charge in [-0.1, -0.05) is 40.5 Å². The highest BCUT2D eigenvalue weighted by Crippen LogP contribution is 2.39. The Morgan fingerprint density at radius 2 is 1.79 bits per heavy atom. The summed E-state index contributed by atoms with van der Waals surface area (Å²) in [6.07, 6.45) is 2.72. The van der Waals surface area contributed by atoms with Crippen molar-refractivity contribution in [3.8, 4) is 0 Å². The highest BCUT2D eigenvalue weighted by atomic mass is 16.4. The minimum absolute atomic E-state index is 0.287. The average molecular weight is 200 g/mol. The van der Waals surface area contributed by atoms with E-state index >= 15 is 0 Å². The van der Waals surface area contributed by atoms with E-state index in [9.17, 15) is 9.90 Å². The molecule has 0 aliphatic heterocycles. The van der Waals surface area contributed by atoms with Gasteiger partial charge in [-0.05, 0) is 25.2 Å². The van der Waals surface area contributed by atoms with Crippen LogP contribution in [0.25, 0.3) is 0 Å². The second kappa shape index (κ2) is 5.38. The van der Waals surface area contributed by atoms with Crippen LogP contribution in [-0.4, -0.2) is 11.1 Å².